The highest BCUT2D eigenvalue weighted by Gasteiger charge is 2.26. The second kappa shape index (κ2) is 6.63. The highest BCUT2D eigenvalue weighted by Crippen LogP contribution is 2.02. The number of carbonyl (C=O) groups excluding carboxylic acids is 1. The molecule has 2 N–H and O–H groups in total. The van der Waals surface area contributed by atoms with Crippen molar-refractivity contribution in [3.8, 4) is 0 Å². The molecule has 1 aromatic carbocycles. The Kier molecular flexibility index (Phi) is 4.87. The molecule has 1 aliphatic heterocycles. The average Bonchev–Trinajstić information content (AvgIpc) is 2.46. The Hall–Kier alpha value is -1.46. The van der Waals surface area contributed by atoms with E-state index in [1.54, 1.807) is 12.1 Å². The Morgan fingerprint density at radius 1 is 1.37 bits per heavy atom. The second-order valence-electron chi connectivity index (χ2n) is 4.84. The molecule has 1 fully saturated rings. The molecular weight excluding hydrogens is 247 g/mol. The van der Waals surface area contributed by atoms with Crippen LogP contribution in [-0.2, 0) is 16.1 Å². The molecule has 1 aliphatic rings. The summed E-state index contributed by atoms with van der Waals surface area (Å²) < 4.78 is 18.0. The van der Waals surface area contributed by atoms with E-state index in [2.05, 4.69) is 5.32 Å². The van der Waals surface area contributed by atoms with Crippen LogP contribution < -0.4 is 10.2 Å². The summed E-state index contributed by atoms with van der Waals surface area (Å²) in [5.41, 5.74) is 0.902. The van der Waals surface area contributed by atoms with Crippen molar-refractivity contribution in [3.05, 3.63) is 35.6 Å². The molecule has 0 saturated carbocycles. The van der Waals surface area contributed by atoms with Crippen LogP contribution in [-0.4, -0.2) is 38.3 Å². The first kappa shape index (κ1) is 14.0. The standard InChI is InChI=1S/C14H19FN2O2/c1-11(17-6-8-19-9-7-17)14(18)16-10-12-2-4-13(15)5-3-12/h2-5,11H,6-10H2,1H3,(H,16,18)/p+1/t11-/m1/s1. The van der Waals surface area contributed by atoms with Gasteiger partial charge in [-0.2, -0.15) is 0 Å². The molecule has 19 heavy (non-hydrogen) atoms. The maximum absolute atomic E-state index is 12.8. The van der Waals surface area contributed by atoms with Crippen molar-refractivity contribution in [2.45, 2.75) is 19.5 Å². The molecule has 1 heterocycles. The molecule has 0 aliphatic carbocycles. The lowest BCUT2D eigenvalue weighted by molar-refractivity contribution is -0.921. The summed E-state index contributed by atoms with van der Waals surface area (Å²) in [5, 5.41) is 2.89. The van der Waals surface area contributed by atoms with Gasteiger partial charge in [0, 0.05) is 6.54 Å². The molecule has 0 aromatic heterocycles. The zero-order valence-corrected chi connectivity index (χ0v) is 11.1. The van der Waals surface area contributed by atoms with Gasteiger partial charge in [0.1, 0.15) is 18.9 Å². The fourth-order valence-electron chi connectivity index (χ4n) is 2.20. The number of morpholine rings is 1. The summed E-state index contributed by atoms with van der Waals surface area (Å²) in [6.07, 6.45) is 0. The van der Waals surface area contributed by atoms with Gasteiger partial charge in [0.05, 0.1) is 13.2 Å². The van der Waals surface area contributed by atoms with Crippen LogP contribution in [0.25, 0.3) is 0 Å². The number of rotatable bonds is 4. The van der Waals surface area contributed by atoms with Crippen LogP contribution in [0.15, 0.2) is 24.3 Å². The number of halogens is 1. The maximum atomic E-state index is 12.8. The lowest BCUT2D eigenvalue weighted by Crippen LogP contribution is -3.18. The van der Waals surface area contributed by atoms with Crippen LogP contribution in [0.3, 0.4) is 0 Å². The van der Waals surface area contributed by atoms with E-state index in [1.165, 1.54) is 17.0 Å². The summed E-state index contributed by atoms with van der Waals surface area (Å²) in [6, 6.07) is 6.09. The number of benzene rings is 1. The fraction of sp³-hybridized carbons (Fsp3) is 0.500. The molecule has 0 radical (unpaired) electrons. The molecule has 4 nitrogen and oxygen atoms in total. The Bertz CT molecular complexity index is 416. The van der Waals surface area contributed by atoms with Crippen LogP contribution >= 0.6 is 0 Å². The molecule has 0 spiro atoms. The van der Waals surface area contributed by atoms with Gasteiger partial charge >= 0.3 is 0 Å². The number of carbonyl (C=O) groups is 1. The number of ether oxygens (including phenoxy) is 1. The van der Waals surface area contributed by atoms with Gasteiger partial charge in [-0.1, -0.05) is 12.1 Å². The van der Waals surface area contributed by atoms with Crippen molar-refractivity contribution in [2.75, 3.05) is 26.3 Å². The SMILES string of the molecule is C[C@H](C(=O)NCc1ccc(F)cc1)[NH+]1CCOCC1. The van der Waals surface area contributed by atoms with Crippen LogP contribution in [0.2, 0.25) is 0 Å². The molecular formula is C14H20FN2O2+. The van der Waals surface area contributed by atoms with Crippen LogP contribution in [0.1, 0.15) is 12.5 Å². The Labute approximate surface area is 112 Å². The van der Waals surface area contributed by atoms with Gasteiger partial charge in [0.25, 0.3) is 5.91 Å². The molecule has 1 atom stereocenters. The van der Waals surface area contributed by atoms with Gasteiger partial charge < -0.3 is 15.0 Å². The summed E-state index contributed by atoms with van der Waals surface area (Å²) >= 11 is 0. The number of hydrogen-bond donors (Lipinski definition) is 2. The van der Waals surface area contributed by atoms with Gasteiger partial charge in [-0.3, -0.25) is 4.79 Å². The summed E-state index contributed by atoms with van der Waals surface area (Å²) in [7, 11) is 0. The number of nitrogens with one attached hydrogen (secondary N) is 2. The molecule has 2 rings (SSSR count). The van der Waals surface area contributed by atoms with E-state index in [-0.39, 0.29) is 17.8 Å². The molecule has 1 saturated heterocycles. The number of amides is 1. The Morgan fingerprint density at radius 2 is 2.00 bits per heavy atom. The summed E-state index contributed by atoms with van der Waals surface area (Å²) in [4.78, 5) is 13.3. The quantitative estimate of drug-likeness (QED) is 0.790. The fourth-order valence-corrected chi connectivity index (χ4v) is 2.20. The van der Waals surface area contributed by atoms with E-state index in [0.717, 1.165) is 18.7 Å². The van der Waals surface area contributed by atoms with Gasteiger partial charge in [0.2, 0.25) is 0 Å². The first-order chi connectivity index (χ1) is 9.16. The third kappa shape index (κ3) is 4.01. The Balaban J connectivity index is 1.81. The van der Waals surface area contributed by atoms with Gasteiger partial charge in [-0.15, -0.1) is 0 Å². The van der Waals surface area contributed by atoms with E-state index in [9.17, 15) is 9.18 Å². The highest BCUT2D eigenvalue weighted by molar-refractivity contribution is 5.79. The summed E-state index contributed by atoms with van der Waals surface area (Å²) in [5.74, 6) is -0.234. The van der Waals surface area contributed by atoms with Gasteiger partial charge in [-0.05, 0) is 24.6 Å². The second-order valence-corrected chi connectivity index (χ2v) is 4.84. The minimum Gasteiger partial charge on any atom is -0.370 e. The topological polar surface area (TPSA) is 42.8 Å². The van der Waals surface area contributed by atoms with E-state index in [4.69, 9.17) is 4.74 Å². The largest absolute Gasteiger partial charge is 0.370 e. The smallest absolute Gasteiger partial charge is 0.278 e. The normalized spacial score (nSPS) is 18.0. The van der Waals surface area contributed by atoms with Crippen LogP contribution in [0.5, 0.6) is 0 Å². The molecule has 0 bridgehead atoms. The molecule has 5 heteroatoms. The molecule has 1 amide bonds. The van der Waals surface area contributed by atoms with Crippen LogP contribution in [0.4, 0.5) is 4.39 Å². The first-order valence-corrected chi connectivity index (χ1v) is 6.61. The van der Waals surface area contributed by atoms with Crippen molar-refractivity contribution >= 4 is 5.91 Å². The van der Waals surface area contributed by atoms with Crippen LogP contribution in [0, 0.1) is 5.82 Å². The predicted molar refractivity (Wildman–Crippen MR) is 69.2 cm³/mol. The van der Waals surface area contributed by atoms with Crippen molar-refractivity contribution in [3.63, 3.8) is 0 Å². The van der Waals surface area contributed by atoms with E-state index in [1.807, 2.05) is 6.92 Å². The van der Waals surface area contributed by atoms with Crippen molar-refractivity contribution in [1.29, 1.82) is 0 Å². The highest BCUT2D eigenvalue weighted by atomic mass is 19.1. The van der Waals surface area contributed by atoms with E-state index < -0.39 is 0 Å². The third-order valence-electron chi connectivity index (χ3n) is 3.52. The first-order valence-electron chi connectivity index (χ1n) is 6.61. The van der Waals surface area contributed by atoms with E-state index in [0.29, 0.717) is 19.8 Å². The van der Waals surface area contributed by atoms with Crippen molar-refractivity contribution in [2.24, 2.45) is 0 Å². The molecule has 104 valence electrons. The number of hydrogen-bond acceptors (Lipinski definition) is 2. The molecule has 1 aromatic rings. The zero-order valence-electron chi connectivity index (χ0n) is 11.1. The third-order valence-corrected chi connectivity index (χ3v) is 3.52. The van der Waals surface area contributed by atoms with Crippen molar-refractivity contribution < 1.29 is 18.8 Å². The number of quaternary nitrogens is 1. The summed E-state index contributed by atoms with van der Waals surface area (Å²) in [6.45, 7) is 5.53. The average molecular weight is 267 g/mol. The lowest BCUT2D eigenvalue weighted by Gasteiger charge is -2.28. The predicted octanol–water partition coefficient (Wildman–Crippen LogP) is -0.254. The van der Waals surface area contributed by atoms with E-state index >= 15 is 0 Å². The molecule has 0 unspecified atom stereocenters. The Morgan fingerprint density at radius 3 is 2.63 bits per heavy atom. The lowest BCUT2D eigenvalue weighted by atomic mass is 10.2. The monoisotopic (exact) mass is 267 g/mol. The maximum Gasteiger partial charge on any atom is 0.278 e. The van der Waals surface area contributed by atoms with Gasteiger partial charge in [-0.25, -0.2) is 4.39 Å². The van der Waals surface area contributed by atoms with Crippen molar-refractivity contribution in [1.82, 2.24) is 5.32 Å². The van der Waals surface area contributed by atoms with Gasteiger partial charge in [0.15, 0.2) is 6.04 Å². The minimum absolute atomic E-state index is 0.0289. The zero-order chi connectivity index (χ0) is 13.7. The minimum atomic E-state index is -0.263.